The minimum atomic E-state index is -0.424. The van der Waals surface area contributed by atoms with E-state index in [2.05, 4.69) is 10.6 Å². The Morgan fingerprint density at radius 2 is 2.40 bits per heavy atom. The van der Waals surface area contributed by atoms with Gasteiger partial charge in [-0.3, -0.25) is 4.79 Å². The summed E-state index contributed by atoms with van der Waals surface area (Å²) < 4.78 is 10.6. The van der Waals surface area contributed by atoms with Crippen molar-refractivity contribution >= 4 is 29.9 Å². The summed E-state index contributed by atoms with van der Waals surface area (Å²) in [7, 11) is 1.57. The molecule has 1 saturated heterocycles. The molecule has 0 spiro atoms. The van der Waals surface area contributed by atoms with Crippen LogP contribution in [-0.2, 0) is 16.1 Å². The number of halogens is 2. The highest BCUT2D eigenvalue weighted by Gasteiger charge is 2.21. The van der Waals surface area contributed by atoms with Gasteiger partial charge in [0.05, 0.1) is 13.7 Å². The van der Waals surface area contributed by atoms with Crippen molar-refractivity contribution in [3.05, 3.63) is 28.8 Å². The SMILES string of the molecule is COc1cc(Cl)ccc1CNC(=O)C1CNCCO1.Cl. The fraction of sp³-hybridized carbons (Fsp3) is 0.462. The number of rotatable bonds is 4. The largest absolute Gasteiger partial charge is 0.496 e. The minimum absolute atomic E-state index is 0. The zero-order chi connectivity index (χ0) is 13.7. The van der Waals surface area contributed by atoms with Crippen LogP contribution in [0.5, 0.6) is 5.75 Å². The van der Waals surface area contributed by atoms with Crippen LogP contribution in [0.25, 0.3) is 0 Å². The molecule has 7 heteroatoms. The maximum absolute atomic E-state index is 11.9. The van der Waals surface area contributed by atoms with Crippen molar-refractivity contribution in [2.45, 2.75) is 12.6 Å². The van der Waals surface area contributed by atoms with Gasteiger partial charge in [0.1, 0.15) is 11.9 Å². The highest BCUT2D eigenvalue weighted by molar-refractivity contribution is 6.30. The topological polar surface area (TPSA) is 59.6 Å². The summed E-state index contributed by atoms with van der Waals surface area (Å²) in [5, 5.41) is 6.56. The van der Waals surface area contributed by atoms with E-state index in [1.807, 2.05) is 6.07 Å². The maximum atomic E-state index is 11.9. The molecule has 112 valence electrons. The zero-order valence-electron chi connectivity index (χ0n) is 11.1. The van der Waals surface area contributed by atoms with Gasteiger partial charge in [-0.15, -0.1) is 12.4 Å². The Balaban J connectivity index is 0.00000200. The number of carbonyl (C=O) groups excluding carboxylic acids is 1. The summed E-state index contributed by atoms with van der Waals surface area (Å²) in [6.07, 6.45) is -0.424. The first kappa shape index (κ1) is 17.0. The molecule has 1 aromatic carbocycles. The van der Waals surface area contributed by atoms with Crippen molar-refractivity contribution in [2.75, 3.05) is 26.8 Å². The molecule has 2 rings (SSSR count). The van der Waals surface area contributed by atoms with Crippen molar-refractivity contribution in [1.82, 2.24) is 10.6 Å². The number of hydrogen-bond donors (Lipinski definition) is 2. The van der Waals surface area contributed by atoms with Crippen LogP contribution in [0.3, 0.4) is 0 Å². The van der Waals surface area contributed by atoms with E-state index in [-0.39, 0.29) is 18.3 Å². The summed E-state index contributed by atoms with van der Waals surface area (Å²) in [6.45, 7) is 2.28. The predicted molar refractivity (Wildman–Crippen MR) is 79.7 cm³/mol. The fourth-order valence-electron chi connectivity index (χ4n) is 1.89. The monoisotopic (exact) mass is 320 g/mol. The standard InChI is InChI=1S/C13H17ClN2O3.ClH/c1-18-11-6-10(14)3-2-9(11)7-16-13(17)12-8-15-4-5-19-12;/h2-3,6,12,15H,4-5,7-8H2,1H3,(H,16,17);1H. The Kier molecular flexibility index (Phi) is 7.09. The Bertz CT molecular complexity index is 451. The van der Waals surface area contributed by atoms with E-state index in [0.29, 0.717) is 30.5 Å². The van der Waals surface area contributed by atoms with Crippen molar-refractivity contribution in [3.8, 4) is 5.75 Å². The van der Waals surface area contributed by atoms with Gasteiger partial charge >= 0.3 is 0 Å². The van der Waals surface area contributed by atoms with Crippen molar-refractivity contribution in [1.29, 1.82) is 0 Å². The molecule has 0 radical (unpaired) electrons. The molecular formula is C13H18Cl2N2O3. The van der Waals surface area contributed by atoms with Gasteiger partial charge in [0.15, 0.2) is 0 Å². The second-order valence-electron chi connectivity index (χ2n) is 4.24. The number of amides is 1. The van der Waals surface area contributed by atoms with Crippen LogP contribution in [0, 0.1) is 0 Å². The number of hydrogen-bond acceptors (Lipinski definition) is 4. The molecule has 1 aromatic rings. The van der Waals surface area contributed by atoms with E-state index >= 15 is 0 Å². The molecule has 0 aliphatic carbocycles. The van der Waals surface area contributed by atoms with Crippen molar-refractivity contribution in [2.24, 2.45) is 0 Å². The van der Waals surface area contributed by atoms with E-state index in [0.717, 1.165) is 12.1 Å². The Morgan fingerprint density at radius 1 is 1.60 bits per heavy atom. The van der Waals surface area contributed by atoms with Gasteiger partial charge in [0.2, 0.25) is 0 Å². The summed E-state index contributed by atoms with van der Waals surface area (Å²) in [4.78, 5) is 11.9. The summed E-state index contributed by atoms with van der Waals surface area (Å²) >= 11 is 5.88. The third-order valence-corrected chi connectivity index (χ3v) is 3.16. The lowest BCUT2D eigenvalue weighted by Gasteiger charge is -2.22. The number of morpholine rings is 1. The van der Waals surface area contributed by atoms with Gasteiger partial charge < -0.3 is 20.1 Å². The van der Waals surface area contributed by atoms with E-state index < -0.39 is 6.10 Å². The molecule has 1 amide bonds. The molecule has 1 heterocycles. The molecule has 1 aliphatic heterocycles. The van der Waals surface area contributed by atoms with E-state index in [1.165, 1.54) is 0 Å². The van der Waals surface area contributed by atoms with Crippen LogP contribution in [0.2, 0.25) is 5.02 Å². The van der Waals surface area contributed by atoms with Crippen LogP contribution in [0.1, 0.15) is 5.56 Å². The number of methoxy groups -OCH3 is 1. The van der Waals surface area contributed by atoms with Gasteiger partial charge in [-0.05, 0) is 12.1 Å². The van der Waals surface area contributed by atoms with Crippen LogP contribution in [-0.4, -0.2) is 38.8 Å². The van der Waals surface area contributed by atoms with Crippen LogP contribution >= 0.6 is 24.0 Å². The van der Waals surface area contributed by atoms with Gasteiger partial charge in [0, 0.05) is 30.2 Å². The minimum Gasteiger partial charge on any atom is -0.496 e. The van der Waals surface area contributed by atoms with Crippen LogP contribution in [0.4, 0.5) is 0 Å². The molecule has 1 unspecified atom stereocenters. The van der Waals surface area contributed by atoms with Crippen LogP contribution < -0.4 is 15.4 Å². The van der Waals surface area contributed by atoms with Gasteiger partial charge in [-0.25, -0.2) is 0 Å². The molecule has 20 heavy (non-hydrogen) atoms. The van der Waals surface area contributed by atoms with Crippen molar-refractivity contribution in [3.63, 3.8) is 0 Å². The molecule has 2 N–H and O–H groups in total. The first-order chi connectivity index (χ1) is 9.20. The Labute approximate surface area is 129 Å². The normalized spacial score (nSPS) is 18.0. The highest BCUT2D eigenvalue weighted by Crippen LogP contribution is 2.22. The molecule has 1 atom stereocenters. The van der Waals surface area contributed by atoms with E-state index in [9.17, 15) is 4.79 Å². The maximum Gasteiger partial charge on any atom is 0.250 e. The molecule has 5 nitrogen and oxygen atoms in total. The predicted octanol–water partition coefficient (Wildman–Crippen LogP) is 1.37. The molecule has 1 aliphatic rings. The van der Waals surface area contributed by atoms with Gasteiger partial charge in [0.25, 0.3) is 5.91 Å². The van der Waals surface area contributed by atoms with E-state index in [4.69, 9.17) is 21.1 Å². The Hall–Kier alpha value is -1.01. The van der Waals surface area contributed by atoms with Crippen LogP contribution in [0.15, 0.2) is 18.2 Å². The highest BCUT2D eigenvalue weighted by atomic mass is 35.5. The quantitative estimate of drug-likeness (QED) is 0.879. The number of benzene rings is 1. The summed E-state index contributed by atoms with van der Waals surface area (Å²) in [5.41, 5.74) is 0.879. The Morgan fingerprint density at radius 3 is 3.05 bits per heavy atom. The third-order valence-electron chi connectivity index (χ3n) is 2.92. The lowest BCUT2D eigenvalue weighted by Crippen LogP contribution is -2.47. The second-order valence-corrected chi connectivity index (χ2v) is 4.67. The first-order valence-corrected chi connectivity index (χ1v) is 6.51. The summed E-state index contributed by atoms with van der Waals surface area (Å²) in [6, 6.07) is 5.33. The molecule has 1 fully saturated rings. The fourth-order valence-corrected chi connectivity index (χ4v) is 2.06. The van der Waals surface area contributed by atoms with Gasteiger partial charge in [-0.2, -0.15) is 0 Å². The third kappa shape index (κ3) is 4.52. The lowest BCUT2D eigenvalue weighted by molar-refractivity contribution is -0.134. The number of carbonyl (C=O) groups is 1. The first-order valence-electron chi connectivity index (χ1n) is 6.13. The summed E-state index contributed by atoms with van der Waals surface area (Å²) in [5.74, 6) is 0.541. The smallest absolute Gasteiger partial charge is 0.250 e. The van der Waals surface area contributed by atoms with Crippen molar-refractivity contribution < 1.29 is 14.3 Å². The lowest BCUT2D eigenvalue weighted by atomic mass is 10.2. The second kappa shape index (κ2) is 8.32. The number of nitrogens with one attached hydrogen (secondary N) is 2. The van der Waals surface area contributed by atoms with Gasteiger partial charge in [-0.1, -0.05) is 17.7 Å². The average molecular weight is 321 g/mol. The molecule has 0 bridgehead atoms. The van der Waals surface area contributed by atoms with E-state index in [1.54, 1.807) is 19.2 Å². The number of ether oxygens (including phenoxy) is 2. The molecular weight excluding hydrogens is 303 g/mol. The zero-order valence-corrected chi connectivity index (χ0v) is 12.7. The molecule has 0 aromatic heterocycles. The average Bonchev–Trinajstić information content (AvgIpc) is 2.46. The molecule has 0 saturated carbocycles.